The summed E-state index contributed by atoms with van der Waals surface area (Å²) in [5, 5.41) is 2.77. The van der Waals surface area contributed by atoms with Crippen molar-refractivity contribution in [1.82, 2.24) is 20.2 Å². The quantitative estimate of drug-likeness (QED) is 0.862. The predicted octanol–water partition coefficient (Wildman–Crippen LogP) is 2.27. The molecular weight excluding hydrogens is 295 g/mol. The van der Waals surface area contributed by atoms with E-state index in [1.165, 1.54) is 17.0 Å². The van der Waals surface area contributed by atoms with E-state index < -0.39 is 0 Å². The van der Waals surface area contributed by atoms with E-state index in [0.29, 0.717) is 18.1 Å². The van der Waals surface area contributed by atoms with Gasteiger partial charge < -0.3 is 10.2 Å². The Morgan fingerprint density at radius 1 is 1.35 bits per heavy atom. The second-order valence-corrected chi connectivity index (χ2v) is 4.94. The van der Waals surface area contributed by atoms with Gasteiger partial charge in [0.05, 0.1) is 18.8 Å². The Kier molecular flexibility index (Phi) is 5.64. The minimum Gasteiger partial charge on any atom is -0.332 e. The molecule has 0 aliphatic carbocycles. The van der Waals surface area contributed by atoms with Gasteiger partial charge in [0.1, 0.15) is 11.6 Å². The van der Waals surface area contributed by atoms with E-state index in [1.54, 1.807) is 31.3 Å². The van der Waals surface area contributed by atoms with Crippen LogP contribution in [0.15, 0.2) is 36.5 Å². The number of carbonyl (C=O) groups excluding carboxylic acids is 1. The van der Waals surface area contributed by atoms with Crippen molar-refractivity contribution in [2.75, 3.05) is 6.54 Å². The first kappa shape index (κ1) is 16.4. The molecule has 0 atom stereocenters. The van der Waals surface area contributed by atoms with Crippen LogP contribution in [0.25, 0.3) is 0 Å². The van der Waals surface area contributed by atoms with Gasteiger partial charge in [-0.1, -0.05) is 18.1 Å². The zero-order chi connectivity index (χ0) is 16.7. The summed E-state index contributed by atoms with van der Waals surface area (Å²) < 4.78 is 12.9. The lowest BCUT2D eigenvalue weighted by molar-refractivity contribution is 0.201. The van der Waals surface area contributed by atoms with Crippen LogP contribution >= 0.6 is 0 Å². The van der Waals surface area contributed by atoms with Crippen molar-refractivity contribution in [3.63, 3.8) is 0 Å². The number of amides is 2. The molecule has 6 heteroatoms. The summed E-state index contributed by atoms with van der Waals surface area (Å²) >= 11 is 0. The van der Waals surface area contributed by atoms with E-state index >= 15 is 0 Å². The number of rotatable bonds is 5. The molecule has 0 aliphatic rings. The number of aromatic nitrogens is 2. The number of benzene rings is 1. The number of nitrogens with zero attached hydrogens (tertiary/aromatic N) is 3. The van der Waals surface area contributed by atoms with Gasteiger partial charge in [0.25, 0.3) is 0 Å². The van der Waals surface area contributed by atoms with Crippen LogP contribution in [0, 0.1) is 25.1 Å². The van der Waals surface area contributed by atoms with Crippen LogP contribution in [0.5, 0.6) is 0 Å². The summed E-state index contributed by atoms with van der Waals surface area (Å²) in [5.74, 6) is 2.78. The molecule has 0 unspecified atom stereocenters. The molecule has 5 nitrogen and oxygen atoms in total. The second kappa shape index (κ2) is 7.90. The third-order valence-electron chi connectivity index (χ3n) is 3.11. The van der Waals surface area contributed by atoms with E-state index in [2.05, 4.69) is 21.2 Å². The highest BCUT2D eigenvalue weighted by molar-refractivity contribution is 5.74. The summed E-state index contributed by atoms with van der Waals surface area (Å²) in [4.78, 5) is 22.0. The topological polar surface area (TPSA) is 58.1 Å². The third kappa shape index (κ3) is 5.08. The average molecular weight is 312 g/mol. The lowest BCUT2D eigenvalue weighted by Gasteiger charge is -2.21. The van der Waals surface area contributed by atoms with E-state index in [1.807, 2.05) is 0 Å². The fourth-order valence-electron chi connectivity index (χ4n) is 2.00. The molecule has 0 saturated carbocycles. The van der Waals surface area contributed by atoms with Crippen molar-refractivity contribution < 1.29 is 9.18 Å². The van der Waals surface area contributed by atoms with Gasteiger partial charge in [0.15, 0.2) is 0 Å². The van der Waals surface area contributed by atoms with E-state index in [0.717, 1.165) is 5.56 Å². The smallest absolute Gasteiger partial charge is 0.318 e. The van der Waals surface area contributed by atoms with Gasteiger partial charge >= 0.3 is 6.03 Å². The molecule has 2 rings (SSSR count). The third-order valence-corrected chi connectivity index (χ3v) is 3.11. The Bertz CT molecular complexity index is 709. The number of nitrogens with one attached hydrogen (secondary N) is 1. The molecule has 0 spiro atoms. The summed E-state index contributed by atoms with van der Waals surface area (Å²) in [7, 11) is 0. The van der Waals surface area contributed by atoms with Gasteiger partial charge in [-0.2, -0.15) is 0 Å². The lowest BCUT2D eigenvalue weighted by atomic mass is 10.2. The molecule has 23 heavy (non-hydrogen) atoms. The van der Waals surface area contributed by atoms with Crippen LogP contribution < -0.4 is 5.32 Å². The summed E-state index contributed by atoms with van der Waals surface area (Å²) in [5.41, 5.74) is 1.52. The van der Waals surface area contributed by atoms with Gasteiger partial charge in [-0.15, -0.1) is 6.42 Å². The maximum atomic E-state index is 12.9. The molecule has 1 aromatic heterocycles. The van der Waals surface area contributed by atoms with Gasteiger partial charge in [0.2, 0.25) is 0 Å². The monoisotopic (exact) mass is 312 g/mol. The molecule has 1 heterocycles. The zero-order valence-electron chi connectivity index (χ0n) is 12.8. The molecule has 0 bridgehead atoms. The Hall–Kier alpha value is -2.94. The normalized spacial score (nSPS) is 9.96. The van der Waals surface area contributed by atoms with Crippen molar-refractivity contribution >= 4 is 6.03 Å². The van der Waals surface area contributed by atoms with Crippen molar-refractivity contribution in [1.29, 1.82) is 0 Å². The first-order chi connectivity index (χ1) is 11.1. The number of halogens is 1. The van der Waals surface area contributed by atoms with Crippen LogP contribution in [0.1, 0.15) is 17.1 Å². The van der Waals surface area contributed by atoms with Crippen LogP contribution in [0.2, 0.25) is 0 Å². The van der Waals surface area contributed by atoms with Crippen LogP contribution in [0.3, 0.4) is 0 Å². The molecule has 2 aromatic rings. The van der Waals surface area contributed by atoms with Gasteiger partial charge in [-0.25, -0.2) is 19.2 Å². The molecule has 1 N–H and O–H groups in total. The molecule has 2 amide bonds. The molecule has 118 valence electrons. The van der Waals surface area contributed by atoms with E-state index in [9.17, 15) is 9.18 Å². The summed E-state index contributed by atoms with van der Waals surface area (Å²) in [6.07, 6.45) is 6.96. The van der Waals surface area contributed by atoms with Gasteiger partial charge in [0, 0.05) is 12.7 Å². The number of urea groups is 1. The van der Waals surface area contributed by atoms with Crippen molar-refractivity contribution in [2.24, 2.45) is 0 Å². The molecule has 0 aliphatic heterocycles. The summed E-state index contributed by atoms with van der Waals surface area (Å²) in [6, 6.07) is 7.39. The Morgan fingerprint density at radius 3 is 2.74 bits per heavy atom. The Balaban J connectivity index is 1.97. The average Bonchev–Trinajstić information content (AvgIpc) is 2.54. The van der Waals surface area contributed by atoms with Crippen molar-refractivity contribution in [3.8, 4) is 12.3 Å². The molecule has 0 radical (unpaired) electrons. The minimum atomic E-state index is -0.319. The van der Waals surface area contributed by atoms with Crippen LogP contribution in [-0.4, -0.2) is 27.4 Å². The van der Waals surface area contributed by atoms with E-state index in [-0.39, 0.29) is 24.9 Å². The van der Waals surface area contributed by atoms with Crippen LogP contribution in [0.4, 0.5) is 9.18 Å². The van der Waals surface area contributed by atoms with Crippen molar-refractivity contribution in [2.45, 2.75) is 20.0 Å². The lowest BCUT2D eigenvalue weighted by Crippen LogP contribution is -2.39. The standard InChI is InChI=1S/C17H17FN4O/c1-3-10-22(12-14-4-6-15(18)7-5-14)17(23)20-11-16-8-9-19-13(2)21-16/h1,4-9H,10-12H2,2H3,(H,20,23). The van der Waals surface area contributed by atoms with E-state index in [4.69, 9.17) is 6.42 Å². The highest BCUT2D eigenvalue weighted by atomic mass is 19.1. The van der Waals surface area contributed by atoms with Crippen molar-refractivity contribution in [3.05, 3.63) is 59.4 Å². The second-order valence-electron chi connectivity index (χ2n) is 4.94. The fraction of sp³-hybridized carbons (Fsp3) is 0.235. The molecule has 1 aromatic carbocycles. The summed E-state index contributed by atoms with van der Waals surface area (Å²) in [6.45, 7) is 2.53. The Labute approximate surface area is 134 Å². The molecule has 0 fully saturated rings. The minimum absolute atomic E-state index is 0.159. The highest BCUT2D eigenvalue weighted by Gasteiger charge is 2.13. The molecular formula is C17H17FN4O. The number of aryl methyl sites for hydroxylation is 1. The largest absolute Gasteiger partial charge is 0.332 e. The maximum Gasteiger partial charge on any atom is 0.318 e. The first-order valence-electron chi connectivity index (χ1n) is 7.07. The fourth-order valence-corrected chi connectivity index (χ4v) is 2.00. The maximum absolute atomic E-state index is 12.9. The first-order valence-corrected chi connectivity index (χ1v) is 7.07. The number of carbonyl (C=O) groups is 1. The van der Waals surface area contributed by atoms with Crippen LogP contribution in [-0.2, 0) is 13.1 Å². The SMILES string of the molecule is C#CCN(Cc1ccc(F)cc1)C(=O)NCc1ccnc(C)n1. The molecule has 0 saturated heterocycles. The highest BCUT2D eigenvalue weighted by Crippen LogP contribution is 2.07. The number of terminal acetylenes is 1. The Morgan fingerprint density at radius 2 is 2.09 bits per heavy atom. The number of hydrogen-bond donors (Lipinski definition) is 1. The number of hydrogen-bond acceptors (Lipinski definition) is 3. The predicted molar refractivity (Wildman–Crippen MR) is 84.6 cm³/mol. The zero-order valence-corrected chi connectivity index (χ0v) is 12.8. The van der Waals surface area contributed by atoms with Gasteiger partial charge in [-0.05, 0) is 30.7 Å². The van der Waals surface area contributed by atoms with Gasteiger partial charge in [-0.3, -0.25) is 0 Å².